The van der Waals surface area contributed by atoms with Crippen LogP contribution in [0, 0.1) is 0 Å². The lowest BCUT2D eigenvalue weighted by molar-refractivity contribution is 0.0934. The fraction of sp³-hybridized carbons (Fsp3) is 0.235. The van der Waals surface area contributed by atoms with E-state index in [0.717, 1.165) is 17.5 Å². The lowest BCUT2D eigenvalue weighted by Gasteiger charge is -2.12. The zero-order valence-electron chi connectivity index (χ0n) is 12.7. The number of rotatable bonds is 5. The molecule has 5 nitrogen and oxygen atoms in total. The Balaban J connectivity index is 1.78. The van der Waals surface area contributed by atoms with Crippen molar-refractivity contribution in [2.45, 2.75) is 19.4 Å². The number of aryl methyl sites for hydroxylation is 1. The van der Waals surface area contributed by atoms with Crippen LogP contribution in [0.3, 0.4) is 0 Å². The minimum absolute atomic E-state index is 0.0896. The molecular formula is C17H17ClN4O. The monoisotopic (exact) mass is 328 g/mol. The first-order chi connectivity index (χ1) is 11.2. The van der Waals surface area contributed by atoms with Gasteiger partial charge in [0.1, 0.15) is 0 Å². The van der Waals surface area contributed by atoms with Crippen molar-refractivity contribution in [2.75, 3.05) is 5.88 Å². The van der Waals surface area contributed by atoms with Crippen LogP contribution in [-0.2, 0) is 6.42 Å². The molecule has 0 aliphatic heterocycles. The Kier molecular flexibility index (Phi) is 4.57. The van der Waals surface area contributed by atoms with Crippen LogP contribution in [0.25, 0.3) is 5.65 Å². The highest BCUT2D eigenvalue weighted by atomic mass is 35.5. The molecule has 6 heteroatoms. The van der Waals surface area contributed by atoms with Gasteiger partial charge in [0, 0.05) is 24.3 Å². The first kappa shape index (κ1) is 15.5. The maximum atomic E-state index is 12.4. The minimum atomic E-state index is -0.217. The molecule has 118 valence electrons. The van der Waals surface area contributed by atoms with Crippen LogP contribution in [0.15, 0.2) is 48.8 Å². The average Bonchev–Trinajstić information content (AvgIpc) is 2.99. The third-order valence-corrected chi connectivity index (χ3v) is 3.82. The summed E-state index contributed by atoms with van der Waals surface area (Å²) in [6.07, 6.45) is 4.33. The molecule has 3 aromatic rings. The molecule has 23 heavy (non-hydrogen) atoms. The molecular weight excluding hydrogens is 312 g/mol. The van der Waals surface area contributed by atoms with Crippen molar-refractivity contribution < 1.29 is 4.79 Å². The summed E-state index contributed by atoms with van der Waals surface area (Å²) in [5, 5.41) is 7.25. The molecule has 0 spiro atoms. The molecule has 0 fully saturated rings. The maximum absolute atomic E-state index is 12.4. The number of nitrogens with zero attached hydrogens (tertiary/aromatic N) is 3. The number of nitrogens with one attached hydrogen (secondary N) is 1. The van der Waals surface area contributed by atoms with Gasteiger partial charge in [0.2, 0.25) is 0 Å². The van der Waals surface area contributed by atoms with E-state index in [9.17, 15) is 4.79 Å². The Morgan fingerprint density at radius 3 is 2.87 bits per heavy atom. The summed E-state index contributed by atoms with van der Waals surface area (Å²) < 4.78 is 1.62. The predicted molar refractivity (Wildman–Crippen MR) is 89.7 cm³/mol. The highest BCUT2D eigenvalue weighted by Gasteiger charge is 2.15. The van der Waals surface area contributed by atoms with Gasteiger partial charge >= 0.3 is 0 Å². The molecule has 0 bridgehead atoms. The number of carbonyl (C=O) groups is 1. The fourth-order valence-corrected chi connectivity index (χ4v) is 2.58. The van der Waals surface area contributed by atoms with Crippen molar-refractivity contribution >= 4 is 23.2 Å². The second kappa shape index (κ2) is 6.79. The molecule has 0 aliphatic rings. The fourth-order valence-electron chi connectivity index (χ4n) is 2.36. The van der Waals surface area contributed by atoms with Crippen LogP contribution in [-0.4, -0.2) is 26.4 Å². The standard InChI is InChI=1S/C17H17ClN4O/c1-12(14-5-3-2-4-6-14)20-17(23)15-9-16-19-10-13(7-8-18)11-22(16)21-15/h2-6,9-12H,7-8H2,1H3,(H,20,23). The Morgan fingerprint density at radius 2 is 2.13 bits per heavy atom. The lowest BCUT2D eigenvalue weighted by atomic mass is 10.1. The van der Waals surface area contributed by atoms with E-state index in [-0.39, 0.29) is 11.9 Å². The Hall–Kier alpha value is -2.40. The zero-order chi connectivity index (χ0) is 16.2. The van der Waals surface area contributed by atoms with Gasteiger partial charge in [0.15, 0.2) is 11.3 Å². The Labute approximate surface area is 139 Å². The van der Waals surface area contributed by atoms with E-state index in [2.05, 4.69) is 15.4 Å². The van der Waals surface area contributed by atoms with Crippen molar-refractivity contribution in [3.05, 3.63) is 65.6 Å². The zero-order valence-corrected chi connectivity index (χ0v) is 13.5. The number of alkyl halides is 1. The Morgan fingerprint density at radius 1 is 1.35 bits per heavy atom. The molecule has 0 radical (unpaired) electrons. The number of amides is 1. The van der Waals surface area contributed by atoms with Gasteiger partial charge in [0.25, 0.3) is 5.91 Å². The van der Waals surface area contributed by atoms with E-state index in [1.165, 1.54) is 0 Å². The van der Waals surface area contributed by atoms with Crippen molar-refractivity contribution in [1.29, 1.82) is 0 Å². The van der Waals surface area contributed by atoms with Crippen LogP contribution in [0.2, 0.25) is 0 Å². The number of hydrogen-bond donors (Lipinski definition) is 1. The summed E-state index contributed by atoms with van der Waals surface area (Å²) in [5.74, 6) is 0.307. The second-order valence-electron chi connectivity index (χ2n) is 5.34. The maximum Gasteiger partial charge on any atom is 0.272 e. The van der Waals surface area contributed by atoms with E-state index < -0.39 is 0 Å². The topological polar surface area (TPSA) is 59.3 Å². The molecule has 0 aliphatic carbocycles. The lowest BCUT2D eigenvalue weighted by Crippen LogP contribution is -2.27. The van der Waals surface area contributed by atoms with Crippen LogP contribution < -0.4 is 5.32 Å². The van der Waals surface area contributed by atoms with Gasteiger partial charge in [-0.1, -0.05) is 30.3 Å². The first-order valence-corrected chi connectivity index (χ1v) is 7.97. The van der Waals surface area contributed by atoms with Crippen molar-refractivity contribution in [3.8, 4) is 0 Å². The second-order valence-corrected chi connectivity index (χ2v) is 5.72. The van der Waals surface area contributed by atoms with Crippen molar-refractivity contribution in [3.63, 3.8) is 0 Å². The van der Waals surface area contributed by atoms with Crippen LogP contribution in [0.5, 0.6) is 0 Å². The van der Waals surface area contributed by atoms with E-state index in [1.807, 2.05) is 43.5 Å². The van der Waals surface area contributed by atoms with Crippen LogP contribution in [0.1, 0.15) is 34.6 Å². The predicted octanol–water partition coefficient (Wildman–Crippen LogP) is 3.00. The summed E-state index contributed by atoms with van der Waals surface area (Å²) >= 11 is 5.74. The molecule has 1 aromatic carbocycles. The highest BCUT2D eigenvalue weighted by Crippen LogP contribution is 2.13. The molecule has 2 heterocycles. The number of benzene rings is 1. The van der Waals surface area contributed by atoms with E-state index in [0.29, 0.717) is 17.2 Å². The Bertz CT molecular complexity index is 816. The van der Waals surface area contributed by atoms with Crippen LogP contribution >= 0.6 is 11.6 Å². The summed E-state index contributed by atoms with van der Waals surface area (Å²) in [5.41, 5.74) is 3.02. The quantitative estimate of drug-likeness (QED) is 0.732. The van der Waals surface area contributed by atoms with Crippen molar-refractivity contribution in [1.82, 2.24) is 19.9 Å². The van der Waals surface area contributed by atoms with Gasteiger partial charge in [-0.15, -0.1) is 11.6 Å². The van der Waals surface area contributed by atoms with E-state index >= 15 is 0 Å². The number of hydrogen-bond acceptors (Lipinski definition) is 3. The van der Waals surface area contributed by atoms with Gasteiger partial charge in [-0.2, -0.15) is 5.10 Å². The normalized spacial score (nSPS) is 12.3. The van der Waals surface area contributed by atoms with Gasteiger partial charge in [-0.05, 0) is 24.5 Å². The molecule has 0 saturated heterocycles. The average molecular weight is 329 g/mol. The minimum Gasteiger partial charge on any atom is -0.344 e. The number of halogens is 1. The van der Waals surface area contributed by atoms with Crippen LogP contribution in [0.4, 0.5) is 0 Å². The first-order valence-electron chi connectivity index (χ1n) is 7.43. The number of aromatic nitrogens is 3. The van der Waals surface area contributed by atoms with Gasteiger partial charge in [-0.25, -0.2) is 9.50 Å². The molecule has 1 N–H and O–H groups in total. The van der Waals surface area contributed by atoms with E-state index in [1.54, 1.807) is 16.8 Å². The summed E-state index contributed by atoms with van der Waals surface area (Å²) in [7, 11) is 0. The summed E-state index contributed by atoms with van der Waals surface area (Å²) in [4.78, 5) is 16.7. The SMILES string of the molecule is CC(NC(=O)c1cc2ncc(CCCl)cn2n1)c1ccccc1. The number of fused-ring (bicyclic) bond motifs is 1. The molecule has 1 atom stereocenters. The molecule has 1 amide bonds. The molecule has 1 unspecified atom stereocenters. The van der Waals surface area contributed by atoms with Crippen molar-refractivity contribution in [2.24, 2.45) is 0 Å². The molecule has 2 aromatic heterocycles. The largest absolute Gasteiger partial charge is 0.344 e. The smallest absolute Gasteiger partial charge is 0.272 e. The third kappa shape index (κ3) is 3.51. The number of carbonyl (C=O) groups excluding carboxylic acids is 1. The highest BCUT2D eigenvalue weighted by molar-refractivity contribution is 6.17. The van der Waals surface area contributed by atoms with Gasteiger partial charge in [0.05, 0.1) is 6.04 Å². The van der Waals surface area contributed by atoms with E-state index in [4.69, 9.17) is 11.6 Å². The van der Waals surface area contributed by atoms with Gasteiger partial charge < -0.3 is 5.32 Å². The summed E-state index contributed by atoms with van der Waals surface area (Å²) in [6, 6.07) is 11.4. The summed E-state index contributed by atoms with van der Waals surface area (Å²) in [6.45, 7) is 1.94. The third-order valence-electron chi connectivity index (χ3n) is 3.63. The van der Waals surface area contributed by atoms with Gasteiger partial charge in [-0.3, -0.25) is 4.79 Å². The molecule has 3 rings (SSSR count). The molecule has 0 saturated carbocycles.